The van der Waals surface area contributed by atoms with Gasteiger partial charge < -0.3 is 9.47 Å². The molecule has 0 bridgehead atoms. The highest BCUT2D eigenvalue weighted by molar-refractivity contribution is 5.73. The lowest BCUT2D eigenvalue weighted by Gasteiger charge is -2.25. The Kier molecular flexibility index (Phi) is 4.57. The molecule has 3 rings (SSSR count). The number of hydrogen-bond acceptors (Lipinski definition) is 3. The van der Waals surface area contributed by atoms with Crippen LogP contribution in [0.5, 0.6) is 5.75 Å². The zero-order chi connectivity index (χ0) is 17.2. The molecule has 2 aromatic carbocycles. The molecule has 0 amide bonds. The van der Waals surface area contributed by atoms with E-state index < -0.39 is 29.6 Å². The summed E-state index contributed by atoms with van der Waals surface area (Å²) in [6.07, 6.45) is -4.47. The molecule has 3 nitrogen and oxygen atoms in total. The monoisotopic (exact) mass is 336 g/mol. The number of halogens is 3. The van der Waals surface area contributed by atoms with E-state index >= 15 is 0 Å². The average Bonchev–Trinajstić information content (AvgIpc) is 2.54. The highest BCUT2D eigenvalue weighted by Crippen LogP contribution is 2.36. The summed E-state index contributed by atoms with van der Waals surface area (Å²) in [5, 5.41) is 0. The maximum absolute atomic E-state index is 12.9. The van der Waals surface area contributed by atoms with E-state index in [1.807, 2.05) is 24.3 Å². The first-order valence-corrected chi connectivity index (χ1v) is 7.51. The molecule has 0 N–H and O–H groups in total. The third-order valence-corrected chi connectivity index (χ3v) is 3.86. The number of rotatable bonds is 3. The van der Waals surface area contributed by atoms with E-state index in [2.05, 4.69) is 0 Å². The van der Waals surface area contributed by atoms with E-state index in [0.29, 0.717) is 6.61 Å². The second-order valence-electron chi connectivity index (χ2n) is 5.48. The highest BCUT2D eigenvalue weighted by atomic mass is 19.4. The molecule has 24 heavy (non-hydrogen) atoms. The summed E-state index contributed by atoms with van der Waals surface area (Å²) in [6, 6.07) is 12.2. The van der Waals surface area contributed by atoms with Crippen LogP contribution in [0, 0.1) is 0 Å². The number of carbonyl (C=O) groups is 1. The number of carbonyl (C=O) groups excluding carboxylic acids is 1. The molecule has 1 heterocycles. The average molecular weight is 336 g/mol. The standard InChI is InChI=1S/C18H15F3O3/c19-18(20,21)14-7-3-4-8-15(14)24-17(22)11-16-13-6-2-1-5-12(13)9-10-23-16/h1-8,16H,9-11H2. The quantitative estimate of drug-likeness (QED) is 0.619. The third kappa shape index (κ3) is 3.59. The van der Waals surface area contributed by atoms with Crippen molar-refractivity contribution in [2.45, 2.75) is 25.1 Å². The molecule has 2 aromatic rings. The Bertz CT molecular complexity index is 740. The van der Waals surface area contributed by atoms with Crippen molar-refractivity contribution in [3.63, 3.8) is 0 Å². The number of ether oxygens (including phenoxy) is 2. The van der Waals surface area contributed by atoms with E-state index in [-0.39, 0.29) is 6.42 Å². The van der Waals surface area contributed by atoms with Gasteiger partial charge in [0.15, 0.2) is 0 Å². The first kappa shape index (κ1) is 16.5. The van der Waals surface area contributed by atoms with Crippen LogP contribution in [-0.4, -0.2) is 12.6 Å². The minimum absolute atomic E-state index is 0.136. The van der Waals surface area contributed by atoms with Crippen molar-refractivity contribution in [3.8, 4) is 5.75 Å². The molecule has 0 radical (unpaired) electrons. The van der Waals surface area contributed by atoms with Gasteiger partial charge in [0.2, 0.25) is 0 Å². The molecule has 1 aliphatic heterocycles. The Labute approximate surface area is 137 Å². The van der Waals surface area contributed by atoms with Crippen molar-refractivity contribution in [1.82, 2.24) is 0 Å². The van der Waals surface area contributed by atoms with Crippen LogP contribution in [0.4, 0.5) is 13.2 Å². The summed E-state index contributed by atoms with van der Waals surface area (Å²) >= 11 is 0. The van der Waals surface area contributed by atoms with Gasteiger partial charge in [-0.05, 0) is 29.7 Å². The lowest BCUT2D eigenvalue weighted by Crippen LogP contribution is -2.22. The van der Waals surface area contributed by atoms with Gasteiger partial charge in [-0.25, -0.2) is 0 Å². The van der Waals surface area contributed by atoms with E-state index in [4.69, 9.17) is 9.47 Å². The van der Waals surface area contributed by atoms with Gasteiger partial charge in [0, 0.05) is 0 Å². The van der Waals surface area contributed by atoms with E-state index in [0.717, 1.165) is 29.7 Å². The van der Waals surface area contributed by atoms with Crippen LogP contribution < -0.4 is 4.74 Å². The predicted octanol–water partition coefficient (Wildman–Crippen LogP) is 4.31. The Hall–Kier alpha value is -2.34. The molecule has 1 aliphatic rings. The number of esters is 1. The van der Waals surface area contributed by atoms with Crippen molar-refractivity contribution in [2.24, 2.45) is 0 Å². The van der Waals surface area contributed by atoms with Gasteiger partial charge in [-0.1, -0.05) is 36.4 Å². The van der Waals surface area contributed by atoms with Crippen LogP contribution in [0.3, 0.4) is 0 Å². The largest absolute Gasteiger partial charge is 0.426 e. The molecule has 0 spiro atoms. The Morgan fingerprint density at radius 1 is 1.12 bits per heavy atom. The van der Waals surface area contributed by atoms with Crippen LogP contribution >= 0.6 is 0 Å². The zero-order valence-electron chi connectivity index (χ0n) is 12.7. The van der Waals surface area contributed by atoms with Gasteiger partial charge in [0.25, 0.3) is 0 Å². The minimum Gasteiger partial charge on any atom is -0.426 e. The third-order valence-electron chi connectivity index (χ3n) is 3.86. The molecular formula is C18H15F3O3. The number of alkyl halides is 3. The van der Waals surface area contributed by atoms with Gasteiger partial charge in [-0.3, -0.25) is 4.79 Å². The van der Waals surface area contributed by atoms with Crippen LogP contribution in [-0.2, 0) is 22.1 Å². The Balaban J connectivity index is 1.74. The van der Waals surface area contributed by atoms with Crippen molar-refractivity contribution >= 4 is 5.97 Å². The Morgan fingerprint density at radius 3 is 2.62 bits per heavy atom. The Morgan fingerprint density at radius 2 is 1.83 bits per heavy atom. The second-order valence-corrected chi connectivity index (χ2v) is 5.48. The normalized spacial score (nSPS) is 17.2. The maximum Gasteiger partial charge on any atom is 0.419 e. The summed E-state index contributed by atoms with van der Waals surface area (Å²) in [6.45, 7) is 0.466. The van der Waals surface area contributed by atoms with Gasteiger partial charge in [0.1, 0.15) is 5.75 Å². The summed E-state index contributed by atoms with van der Waals surface area (Å²) in [4.78, 5) is 12.1. The molecule has 1 atom stereocenters. The highest BCUT2D eigenvalue weighted by Gasteiger charge is 2.35. The van der Waals surface area contributed by atoms with Crippen LogP contribution in [0.15, 0.2) is 48.5 Å². The SMILES string of the molecule is O=C(CC1OCCc2ccccc21)Oc1ccccc1C(F)(F)F. The number of benzene rings is 2. The molecule has 0 fully saturated rings. The van der Waals surface area contributed by atoms with Gasteiger partial charge in [-0.15, -0.1) is 0 Å². The lowest BCUT2D eigenvalue weighted by atomic mass is 9.96. The van der Waals surface area contributed by atoms with Crippen LogP contribution in [0.25, 0.3) is 0 Å². The minimum atomic E-state index is -4.58. The number of hydrogen-bond donors (Lipinski definition) is 0. The molecule has 0 aliphatic carbocycles. The fraction of sp³-hybridized carbons (Fsp3) is 0.278. The fourth-order valence-electron chi connectivity index (χ4n) is 2.75. The molecule has 0 saturated heterocycles. The van der Waals surface area contributed by atoms with E-state index in [1.165, 1.54) is 12.1 Å². The van der Waals surface area contributed by atoms with Crippen molar-refractivity contribution in [3.05, 3.63) is 65.2 Å². The first-order chi connectivity index (χ1) is 11.4. The summed E-state index contributed by atoms with van der Waals surface area (Å²) in [5.74, 6) is -1.24. The van der Waals surface area contributed by atoms with Crippen molar-refractivity contribution in [2.75, 3.05) is 6.61 Å². The van der Waals surface area contributed by atoms with Gasteiger partial charge >= 0.3 is 12.1 Å². The summed E-state index contributed by atoms with van der Waals surface area (Å²) in [7, 11) is 0. The predicted molar refractivity (Wildman–Crippen MR) is 80.5 cm³/mol. The molecular weight excluding hydrogens is 321 g/mol. The van der Waals surface area contributed by atoms with E-state index in [9.17, 15) is 18.0 Å². The summed E-state index contributed by atoms with van der Waals surface area (Å²) < 4.78 is 49.4. The topological polar surface area (TPSA) is 35.5 Å². The second kappa shape index (κ2) is 6.65. The maximum atomic E-state index is 12.9. The zero-order valence-corrected chi connectivity index (χ0v) is 12.7. The van der Waals surface area contributed by atoms with Crippen molar-refractivity contribution in [1.29, 1.82) is 0 Å². The lowest BCUT2D eigenvalue weighted by molar-refractivity contribution is -0.143. The van der Waals surface area contributed by atoms with Gasteiger partial charge in [0.05, 0.1) is 24.7 Å². The number of para-hydroxylation sites is 1. The first-order valence-electron chi connectivity index (χ1n) is 7.51. The summed E-state index contributed by atoms with van der Waals surface area (Å²) in [5.41, 5.74) is 0.991. The molecule has 126 valence electrons. The van der Waals surface area contributed by atoms with Crippen LogP contribution in [0.2, 0.25) is 0 Å². The molecule has 6 heteroatoms. The molecule has 0 aromatic heterocycles. The molecule has 0 saturated carbocycles. The number of fused-ring (bicyclic) bond motifs is 1. The smallest absolute Gasteiger partial charge is 0.419 e. The molecule has 1 unspecified atom stereocenters. The fourth-order valence-corrected chi connectivity index (χ4v) is 2.75. The van der Waals surface area contributed by atoms with Crippen LogP contribution in [0.1, 0.15) is 29.2 Å². The van der Waals surface area contributed by atoms with Gasteiger partial charge in [-0.2, -0.15) is 13.2 Å². The van der Waals surface area contributed by atoms with Crippen molar-refractivity contribution < 1.29 is 27.4 Å². The van der Waals surface area contributed by atoms with E-state index in [1.54, 1.807) is 0 Å².